The van der Waals surface area contributed by atoms with Gasteiger partial charge in [0, 0.05) is 12.4 Å². The summed E-state index contributed by atoms with van der Waals surface area (Å²) >= 11 is 4.86. The van der Waals surface area contributed by atoms with Crippen molar-refractivity contribution in [3.05, 3.63) is 29.1 Å². The van der Waals surface area contributed by atoms with Gasteiger partial charge < -0.3 is 5.84 Å². The van der Waals surface area contributed by atoms with Crippen LogP contribution in [-0.4, -0.2) is 24.7 Å². The van der Waals surface area contributed by atoms with E-state index < -0.39 is 0 Å². The lowest BCUT2D eigenvalue weighted by molar-refractivity contribution is 0.638. The van der Waals surface area contributed by atoms with Crippen molar-refractivity contribution in [1.82, 2.24) is 24.7 Å². The number of hydrogen-bond acceptors (Lipinski definition) is 4. The highest BCUT2D eigenvalue weighted by Gasteiger charge is 2.02. The number of rotatable bonds is 2. The van der Waals surface area contributed by atoms with Crippen molar-refractivity contribution in [3.8, 4) is 0 Å². The minimum atomic E-state index is 0.405. The quantitative estimate of drug-likeness (QED) is 0.519. The summed E-state index contributed by atoms with van der Waals surface area (Å²) in [5.41, 5.74) is 0. The van der Waals surface area contributed by atoms with E-state index in [0.717, 1.165) is 0 Å². The molecule has 0 atom stereocenters. The molecule has 0 aromatic carbocycles. The maximum absolute atomic E-state index is 5.60. The molecule has 0 aliphatic carbocycles. The summed E-state index contributed by atoms with van der Waals surface area (Å²) in [7, 11) is 0. The molecule has 2 rings (SSSR count). The van der Waals surface area contributed by atoms with Crippen molar-refractivity contribution in [2.45, 2.75) is 6.54 Å². The molecule has 0 bridgehead atoms. The molecule has 13 heavy (non-hydrogen) atoms. The van der Waals surface area contributed by atoms with E-state index in [1.165, 1.54) is 4.68 Å². The van der Waals surface area contributed by atoms with Gasteiger partial charge in [-0.2, -0.15) is 10.2 Å². The first-order valence-corrected chi connectivity index (χ1v) is 4.07. The maximum atomic E-state index is 5.60. The summed E-state index contributed by atoms with van der Waals surface area (Å²) in [6, 6.07) is 1.84. The summed E-state index contributed by atoms with van der Waals surface area (Å²) in [4.78, 5) is 0. The smallest absolute Gasteiger partial charge is 0.214 e. The van der Waals surface area contributed by atoms with Crippen LogP contribution in [0.1, 0.15) is 5.82 Å². The second-order valence-electron chi connectivity index (χ2n) is 2.52. The van der Waals surface area contributed by atoms with Crippen LogP contribution in [0.4, 0.5) is 0 Å². The zero-order chi connectivity index (χ0) is 9.26. The molecule has 3 N–H and O–H groups in total. The molecule has 0 aliphatic heterocycles. The van der Waals surface area contributed by atoms with Crippen LogP contribution in [-0.2, 0) is 6.54 Å². The van der Waals surface area contributed by atoms with Crippen molar-refractivity contribution >= 4 is 12.2 Å². The van der Waals surface area contributed by atoms with Gasteiger partial charge in [-0.3, -0.25) is 9.78 Å². The summed E-state index contributed by atoms with van der Waals surface area (Å²) in [6.45, 7) is 0.511. The van der Waals surface area contributed by atoms with E-state index in [-0.39, 0.29) is 0 Å². The van der Waals surface area contributed by atoms with Gasteiger partial charge >= 0.3 is 0 Å². The van der Waals surface area contributed by atoms with Gasteiger partial charge in [-0.1, -0.05) is 0 Å². The van der Waals surface area contributed by atoms with Gasteiger partial charge in [-0.05, 0) is 18.3 Å². The van der Waals surface area contributed by atoms with Crippen molar-refractivity contribution in [1.29, 1.82) is 0 Å². The fourth-order valence-electron chi connectivity index (χ4n) is 0.988. The van der Waals surface area contributed by atoms with Crippen LogP contribution < -0.4 is 5.84 Å². The van der Waals surface area contributed by atoms with E-state index in [9.17, 15) is 0 Å². The molecule has 0 amide bonds. The lowest BCUT2D eigenvalue weighted by Crippen LogP contribution is -2.15. The Labute approximate surface area is 79.0 Å². The second-order valence-corrected chi connectivity index (χ2v) is 2.91. The third-order valence-corrected chi connectivity index (χ3v) is 1.93. The number of nitrogens with two attached hydrogens (primary N) is 1. The van der Waals surface area contributed by atoms with Crippen LogP contribution in [0.5, 0.6) is 0 Å². The van der Waals surface area contributed by atoms with E-state index in [1.54, 1.807) is 10.9 Å². The molecule has 0 radical (unpaired) electrons. The van der Waals surface area contributed by atoms with E-state index in [4.69, 9.17) is 18.1 Å². The fourth-order valence-corrected chi connectivity index (χ4v) is 1.14. The van der Waals surface area contributed by atoms with Gasteiger partial charge in [0.2, 0.25) is 4.77 Å². The van der Waals surface area contributed by atoms with Crippen LogP contribution in [0, 0.1) is 4.77 Å². The van der Waals surface area contributed by atoms with Gasteiger partial charge in [0.15, 0.2) is 5.82 Å². The first-order chi connectivity index (χ1) is 6.27. The Hall–Kier alpha value is -1.63. The lowest BCUT2D eigenvalue weighted by Gasteiger charge is -1.99. The van der Waals surface area contributed by atoms with E-state index in [0.29, 0.717) is 17.1 Å². The Morgan fingerprint density at radius 2 is 2.46 bits per heavy atom. The molecule has 2 heterocycles. The third-order valence-electron chi connectivity index (χ3n) is 1.64. The molecule has 6 nitrogen and oxygen atoms in total. The van der Waals surface area contributed by atoms with Crippen molar-refractivity contribution in [2.24, 2.45) is 0 Å². The average Bonchev–Trinajstić information content (AvgIpc) is 2.71. The van der Waals surface area contributed by atoms with Crippen LogP contribution in [0.3, 0.4) is 0 Å². The molecular weight excluding hydrogens is 188 g/mol. The number of aromatic nitrogens is 5. The minimum Gasteiger partial charge on any atom is -0.335 e. The highest BCUT2D eigenvalue weighted by atomic mass is 32.1. The molecular formula is C6H8N6S. The SMILES string of the molecule is Nn1c(Cn2cccn2)n[nH]c1=S. The minimum absolute atomic E-state index is 0.405. The lowest BCUT2D eigenvalue weighted by atomic mass is 10.6. The summed E-state index contributed by atoms with van der Waals surface area (Å²) in [5, 5.41) is 10.6. The normalized spacial score (nSPS) is 10.5. The molecule has 0 saturated heterocycles. The standard InChI is InChI=1S/C6H8N6S/c7-12-5(9-10-6(12)13)4-11-3-1-2-8-11/h1-3H,4,7H2,(H,10,13). The molecule has 2 aromatic rings. The predicted molar refractivity (Wildman–Crippen MR) is 48.9 cm³/mol. The van der Waals surface area contributed by atoms with Crippen molar-refractivity contribution in [2.75, 3.05) is 5.84 Å². The predicted octanol–water partition coefficient (Wildman–Crippen LogP) is -0.101. The number of nitrogens with zero attached hydrogens (tertiary/aromatic N) is 4. The summed E-state index contributed by atoms with van der Waals surface area (Å²) in [6.07, 6.45) is 3.53. The van der Waals surface area contributed by atoms with Gasteiger partial charge in [0.25, 0.3) is 0 Å². The van der Waals surface area contributed by atoms with Gasteiger partial charge in [-0.15, -0.1) is 0 Å². The van der Waals surface area contributed by atoms with Crippen LogP contribution in [0.2, 0.25) is 0 Å². The van der Waals surface area contributed by atoms with Crippen LogP contribution >= 0.6 is 12.2 Å². The highest BCUT2D eigenvalue weighted by Crippen LogP contribution is 1.95. The molecule has 68 valence electrons. The van der Waals surface area contributed by atoms with Crippen LogP contribution in [0.15, 0.2) is 18.5 Å². The van der Waals surface area contributed by atoms with E-state index in [2.05, 4.69) is 15.3 Å². The van der Waals surface area contributed by atoms with Gasteiger partial charge in [0.05, 0.1) is 0 Å². The zero-order valence-corrected chi connectivity index (χ0v) is 7.53. The second kappa shape index (κ2) is 3.02. The Morgan fingerprint density at radius 3 is 3.00 bits per heavy atom. The third kappa shape index (κ3) is 1.45. The Bertz CT molecular complexity index is 438. The number of H-pyrrole nitrogens is 1. The molecule has 0 unspecified atom stereocenters. The highest BCUT2D eigenvalue weighted by molar-refractivity contribution is 7.71. The Morgan fingerprint density at radius 1 is 1.62 bits per heavy atom. The molecule has 7 heteroatoms. The van der Waals surface area contributed by atoms with Crippen LogP contribution in [0.25, 0.3) is 0 Å². The fraction of sp³-hybridized carbons (Fsp3) is 0.167. The van der Waals surface area contributed by atoms with E-state index >= 15 is 0 Å². The number of nitrogens with one attached hydrogen (secondary N) is 1. The largest absolute Gasteiger partial charge is 0.335 e. The number of aromatic amines is 1. The first kappa shape index (κ1) is 7.99. The Kier molecular flexibility index (Phi) is 1.85. The van der Waals surface area contributed by atoms with Crippen molar-refractivity contribution in [3.63, 3.8) is 0 Å². The number of hydrogen-bond donors (Lipinski definition) is 2. The zero-order valence-electron chi connectivity index (χ0n) is 6.71. The summed E-state index contributed by atoms with van der Waals surface area (Å²) < 4.78 is 3.45. The Balaban J connectivity index is 2.29. The number of nitrogen functional groups attached to an aromatic ring is 1. The van der Waals surface area contributed by atoms with Gasteiger partial charge in [0.1, 0.15) is 6.54 Å². The van der Waals surface area contributed by atoms with E-state index in [1.807, 2.05) is 12.3 Å². The topological polar surface area (TPSA) is 77.4 Å². The van der Waals surface area contributed by atoms with Crippen molar-refractivity contribution < 1.29 is 0 Å². The molecule has 0 aliphatic rings. The molecule has 0 fully saturated rings. The molecule has 2 aromatic heterocycles. The molecule has 0 saturated carbocycles. The first-order valence-electron chi connectivity index (χ1n) is 3.66. The molecule has 0 spiro atoms. The maximum Gasteiger partial charge on any atom is 0.214 e. The monoisotopic (exact) mass is 196 g/mol. The summed E-state index contributed by atoms with van der Waals surface area (Å²) in [5.74, 6) is 6.24. The van der Waals surface area contributed by atoms with Gasteiger partial charge in [-0.25, -0.2) is 4.68 Å². The average molecular weight is 196 g/mol.